The number of aryl methyl sites for hydroxylation is 1. The van der Waals surface area contributed by atoms with E-state index in [1.807, 2.05) is 0 Å². The van der Waals surface area contributed by atoms with Gasteiger partial charge in [0, 0.05) is 35.1 Å². The number of aromatic nitrogens is 1. The first-order valence-corrected chi connectivity index (χ1v) is 6.19. The van der Waals surface area contributed by atoms with E-state index >= 15 is 0 Å². The second-order valence-electron chi connectivity index (χ2n) is 5.21. The molecule has 2 aromatic rings. The lowest BCUT2D eigenvalue weighted by Crippen LogP contribution is -2.31. The van der Waals surface area contributed by atoms with Crippen molar-refractivity contribution < 1.29 is 0 Å². The van der Waals surface area contributed by atoms with Crippen molar-refractivity contribution in [3.05, 3.63) is 35.0 Å². The molecule has 4 rings (SSSR count). The Morgan fingerprint density at radius 1 is 1.25 bits per heavy atom. The van der Waals surface area contributed by atoms with Crippen molar-refractivity contribution in [2.24, 2.45) is 0 Å². The number of hydrogen-bond donors (Lipinski definition) is 2. The van der Waals surface area contributed by atoms with Crippen LogP contribution >= 0.6 is 0 Å². The molecule has 0 spiro atoms. The van der Waals surface area contributed by atoms with Crippen molar-refractivity contribution >= 4 is 10.9 Å². The molecular formula is C14H16N2. The van der Waals surface area contributed by atoms with Gasteiger partial charge >= 0.3 is 0 Å². The highest BCUT2D eigenvalue weighted by molar-refractivity contribution is 5.88. The fourth-order valence-corrected chi connectivity index (χ4v) is 3.51. The van der Waals surface area contributed by atoms with E-state index in [9.17, 15) is 0 Å². The minimum atomic E-state index is 0.601. The molecule has 16 heavy (non-hydrogen) atoms. The molecule has 2 heteroatoms. The third-order valence-electron chi connectivity index (χ3n) is 4.19. The summed E-state index contributed by atoms with van der Waals surface area (Å²) >= 11 is 0. The molecule has 0 amide bonds. The third-order valence-corrected chi connectivity index (χ3v) is 4.19. The fraction of sp³-hybridized carbons (Fsp3) is 0.429. The van der Waals surface area contributed by atoms with Crippen molar-refractivity contribution in [3.8, 4) is 0 Å². The second-order valence-corrected chi connectivity index (χ2v) is 5.21. The van der Waals surface area contributed by atoms with Gasteiger partial charge < -0.3 is 10.3 Å². The van der Waals surface area contributed by atoms with Crippen molar-refractivity contribution in [3.63, 3.8) is 0 Å². The summed E-state index contributed by atoms with van der Waals surface area (Å²) < 4.78 is 0. The van der Waals surface area contributed by atoms with Crippen LogP contribution in [0.2, 0.25) is 0 Å². The van der Waals surface area contributed by atoms with Crippen LogP contribution in [0.1, 0.15) is 35.7 Å². The Morgan fingerprint density at radius 2 is 2.19 bits per heavy atom. The van der Waals surface area contributed by atoms with Crippen LogP contribution in [0.4, 0.5) is 0 Å². The number of hydrogen-bond acceptors (Lipinski definition) is 1. The normalized spacial score (nSPS) is 27.3. The largest absolute Gasteiger partial charge is 0.358 e. The molecule has 82 valence electrons. The second kappa shape index (κ2) is 2.89. The predicted octanol–water partition coefficient (Wildman–Crippen LogP) is 2.83. The number of rotatable bonds is 0. The lowest BCUT2D eigenvalue weighted by molar-refractivity contribution is 0.513. The van der Waals surface area contributed by atoms with Gasteiger partial charge in [0.2, 0.25) is 0 Å². The van der Waals surface area contributed by atoms with E-state index < -0.39 is 0 Å². The third kappa shape index (κ3) is 1.00. The van der Waals surface area contributed by atoms with Gasteiger partial charge in [0.25, 0.3) is 0 Å². The van der Waals surface area contributed by atoms with Gasteiger partial charge in [-0.25, -0.2) is 0 Å². The predicted molar refractivity (Wildman–Crippen MR) is 65.6 cm³/mol. The molecule has 2 atom stereocenters. The van der Waals surface area contributed by atoms with Crippen molar-refractivity contribution in [2.45, 2.75) is 38.3 Å². The molecular weight excluding hydrogens is 196 g/mol. The summed E-state index contributed by atoms with van der Waals surface area (Å²) in [5.74, 6) is 0. The van der Waals surface area contributed by atoms with Gasteiger partial charge in [0.1, 0.15) is 0 Å². The van der Waals surface area contributed by atoms with Gasteiger partial charge in [-0.1, -0.05) is 12.1 Å². The van der Waals surface area contributed by atoms with Crippen LogP contribution in [0.25, 0.3) is 10.9 Å². The zero-order valence-electron chi connectivity index (χ0n) is 9.51. The molecule has 2 aliphatic heterocycles. The molecule has 1 fully saturated rings. The Labute approximate surface area is 95.1 Å². The summed E-state index contributed by atoms with van der Waals surface area (Å²) in [6, 6.07) is 7.88. The topological polar surface area (TPSA) is 27.8 Å². The molecule has 0 saturated carbocycles. The zero-order chi connectivity index (χ0) is 10.7. The quantitative estimate of drug-likeness (QED) is 0.690. The van der Waals surface area contributed by atoms with Crippen LogP contribution in [0.15, 0.2) is 18.2 Å². The lowest BCUT2D eigenvalue weighted by atomic mass is 9.97. The molecule has 1 aromatic carbocycles. The first kappa shape index (κ1) is 8.82. The first-order chi connectivity index (χ1) is 7.83. The maximum atomic E-state index is 3.73. The molecule has 2 nitrogen and oxygen atoms in total. The SMILES string of the molecule is Cc1cccc2[nH]c3c(c12)C1CCC(C3)N1. The van der Waals surface area contributed by atoms with Crippen LogP contribution in [-0.2, 0) is 6.42 Å². The molecule has 0 aliphatic carbocycles. The molecule has 2 N–H and O–H groups in total. The summed E-state index contributed by atoms with van der Waals surface area (Å²) in [6.45, 7) is 2.22. The standard InChI is InChI=1S/C14H16N2/c1-8-3-2-4-10-13(8)14-11-6-5-9(15-11)7-12(14)16-10/h2-4,9,11,15-16H,5-7H2,1H3. The molecule has 3 heterocycles. The molecule has 1 saturated heterocycles. The summed E-state index contributed by atoms with van der Waals surface area (Å²) in [5.41, 5.74) is 5.76. The van der Waals surface area contributed by atoms with E-state index in [1.165, 1.54) is 41.4 Å². The molecule has 0 radical (unpaired) electrons. The van der Waals surface area contributed by atoms with E-state index in [0.29, 0.717) is 12.1 Å². The molecule has 1 aromatic heterocycles. The van der Waals surface area contributed by atoms with Gasteiger partial charge in [-0.05, 0) is 37.0 Å². The number of aromatic amines is 1. The maximum Gasteiger partial charge on any atom is 0.0462 e. The number of nitrogens with one attached hydrogen (secondary N) is 2. The van der Waals surface area contributed by atoms with Gasteiger partial charge in [-0.15, -0.1) is 0 Å². The van der Waals surface area contributed by atoms with Gasteiger partial charge in [0.15, 0.2) is 0 Å². The summed E-state index contributed by atoms with van der Waals surface area (Å²) in [7, 11) is 0. The van der Waals surface area contributed by atoms with Gasteiger partial charge in [-0.2, -0.15) is 0 Å². The number of benzene rings is 1. The van der Waals surface area contributed by atoms with Crippen molar-refractivity contribution in [1.82, 2.24) is 10.3 Å². The maximum absolute atomic E-state index is 3.73. The smallest absolute Gasteiger partial charge is 0.0462 e. The van der Waals surface area contributed by atoms with Crippen LogP contribution in [0.3, 0.4) is 0 Å². The zero-order valence-corrected chi connectivity index (χ0v) is 9.51. The lowest BCUT2D eigenvalue weighted by Gasteiger charge is -2.22. The summed E-state index contributed by atoms with van der Waals surface area (Å²) in [4.78, 5) is 3.62. The Balaban J connectivity index is 2.07. The van der Waals surface area contributed by atoms with Crippen LogP contribution in [0.5, 0.6) is 0 Å². The average molecular weight is 212 g/mol. The molecule has 2 aliphatic rings. The highest BCUT2D eigenvalue weighted by Gasteiger charge is 2.34. The van der Waals surface area contributed by atoms with E-state index in [0.717, 1.165) is 0 Å². The van der Waals surface area contributed by atoms with Crippen LogP contribution in [-0.4, -0.2) is 11.0 Å². The minimum absolute atomic E-state index is 0.601. The average Bonchev–Trinajstić information content (AvgIpc) is 2.82. The summed E-state index contributed by atoms with van der Waals surface area (Å²) in [5, 5.41) is 5.20. The van der Waals surface area contributed by atoms with Crippen molar-refractivity contribution in [1.29, 1.82) is 0 Å². The van der Waals surface area contributed by atoms with E-state index in [4.69, 9.17) is 0 Å². The molecule has 2 unspecified atom stereocenters. The van der Waals surface area contributed by atoms with Crippen molar-refractivity contribution in [2.75, 3.05) is 0 Å². The monoisotopic (exact) mass is 212 g/mol. The Bertz CT molecular complexity index is 567. The highest BCUT2D eigenvalue weighted by Crippen LogP contribution is 2.40. The molecule has 2 bridgehead atoms. The minimum Gasteiger partial charge on any atom is -0.358 e. The number of H-pyrrole nitrogens is 1. The van der Waals surface area contributed by atoms with Crippen LogP contribution < -0.4 is 5.32 Å². The van der Waals surface area contributed by atoms with E-state index in [1.54, 1.807) is 5.56 Å². The Kier molecular flexibility index (Phi) is 1.59. The van der Waals surface area contributed by atoms with Gasteiger partial charge in [-0.3, -0.25) is 0 Å². The Morgan fingerprint density at radius 3 is 3.12 bits per heavy atom. The summed E-state index contributed by atoms with van der Waals surface area (Å²) in [6.07, 6.45) is 3.82. The number of fused-ring (bicyclic) bond motifs is 6. The first-order valence-electron chi connectivity index (χ1n) is 6.19. The van der Waals surface area contributed by atoms with E-state index in [2.05, 4.69) is 35.4 Å². The highest BCUT2D eigenvalue weighted by atomic mass is 15.0. The van der Waals surface area contributed by atoms with Gasteiger partial charge in [0.05, 0.1) is 0 Å². The fourth-order valence-electron chi connectivity index (χ4n) is 3.51. The Hall–Kier alpha value is -1.28. The van der Waals surface area contributed by atoms with Crippen LogP contribution in [0, 0.1) is 6.92 Å². The van der Waals surface area contributed by atoms with E-state index in [-0.39, 0.29) is 0 Å².